The van der Waals surface area contributed by atoms with Crippen LogP contribution in [0.3, 0.4) is 0 Å². The summed E-state index contributed by atoms with van der Waals surface area (Å²) in [5.41, 5.74) is 1.70. The number of H-pyrrole nitrogens is 1. The van der Waals surface area contributed by atoms with Gasteiger partial charge in [-0.25, -0.2) is 0 Å². The van der Waals surface area contributed by atoms with Crippen LogP contribution in [-0.4, -0.2) is 26.8 Å². The molecule has 0 unspecified atom stereocenters. The first-order valence-electron chi connectivity index (χ1n) is 7.11. The molecule has 1 aromatic carbocycles. The summed E-state index contributed by atoms with van der Waals surface area (Å²) in [7, 11) is 0. The molecule has 1 amide bonds. The highest BCUT2D eigenvalue weighted by molar-refractivity contribution is 7.99. The summed E-state index contributed by atoms with van der Waals surface area (Å²) in [6.07, 6.45) is 4.48. The fourth-order valence-corrected chi connectivity index (χ4v) is 2.45. The van der Waals surface area contributed by atoms with E-state index >= 15 is 0 Å². The van der Waals surface area contributed by atoms with Gasteiger partial charge in [0.2, 0.25) is 5.91 Å². The van der Waals surface area contributed by atoms with Crippen molar-refractivity contribution in [3.63, 3.8) is 0 Å². The SMILES string of the molecule is CCCCc1ccc(NC(=O)CSc2nncc(=O)[nH]2)cc1. The molecule has 0 atom stereocenters. The first kappa shape index (κ1) is 16.2. The van der Waals surface area contributed by atoms with Gasteiger partial charge in [-0.2, -0.15) is 5.10 Å². The normalized spacial score (nSPS) is 10.4. The van der Waals surface area contributed by atoms with Crippen LogP contribution in [0.15, 0.2) is 40.4 Å². The lowest BCUT2D eigenvalue weighted by Crippen LogP contribution is -2.15. The Morgan fingerprint density at radius 2 is 2.09 bits per heavy atom. The van der Waals surface area contributed by atoms with Crippen molar-refractivity contribution in [1.82, 2.24) is 15.2 Å². The number of carbonyl (C=O) groups is 1. The first-order chi connectivity index (χ1) is 10.7. The molecule has 1 heterocycles. The van der Waals surface area contributed by atoms with Crippen LogP contribution < -0.4 is 10.9 Å². The number of aryl methyl sites for hydroxylation is 1. The highest BCUT2D eigenvalue weighted by Gasteiger charge is 2.05. The number of unbranched alkanes of at least 4 members (excludes halogenated alkanes) is 1. The third-order valence-corrected chi connectivity index (χ3v) is 3.81. The minimum atomic E-state index is -0.333. The van der Waals surface area contributed by atoms with Crippen LogP contribution in [0, 0.1) is 0 Å². The van der Waals surface area contributed by atoms with E-state index in [1.165, 1.54) is 18.4 Å². The van der Waals surface area contributed by atoms with Crippen molar-refractivity contribution < 1.29 is 4.79 Å². The minimum absolute atomic E-state index is 0.155. The molecule has 2 aromatic rings. The largest absolute Gasteiger partial charge is 0.325 e. The molecule has 0 aliphatic heterocycles. The Balaban J connectivity index is 1.82. The number of anilines is 1. The fourth-order valence-electron chi connectivity index (χ4n) is 1.83. The lowest BCUT2D eigenvalue weighted by atomic mass is 10.1. The third kappa shape index (κ3) is 5.33. The summed E-state index contributed by atoms with van der Waals surface area (Å²) in [4.78, 5) is 25.4. The zero-order chi connectivity index (χ0) is 15.8. The number of hydrogen-bond acceptors (Lipinski definition) is 5. The van der Waals surface area contributed by atoms with Crippen molar-refractivity contribution in [3.05, 3.63) is 46.4 Å². The number of nitrogens with zero attached hydrogens (tertiary/aromatic N) is 2. The maximum absolute atomic E-state index is 11.9. The predicted molar refractivity (Wildman–Crippen MR) is 87.1 cm³/mol. The van der Waals surface area contributed by atoms with Crippen molar-refractivity contribution in [1.29, 1.82) is 0 Å². The Kier molecular flexibility index (Phi) is 6.14. The van der Waals surface area contributed by atoms with Crippen LogP contribution in [0.25, 0.3) is 0 Å². The van der Waals surface area contributed by atoms with Gasteiger partial charge >= 0.3 is 0 Å². The molecule has 0 radical (unpaired) electrons. The summed E-state index contributed by atoms with van der Waals surface area (Å²) < 4.78 is 0. The molecule has 0 fully saturated rings. The Morgan fingerprint density at radius 1 is 1.32 bits per heavy atom. The number of hydrogen-bond donors (Lipinski definition) is 2. The van der Waals surface area contributed by atoms with E-state index in [0.29, 0.717) is 5.16 Å². The van der Waals surface area contributed by atoms with Crippen molar-refractivity contribution in [2.75, 3.05) is 11.1 Å². The lowest BCUT2D eigenvalue weighted by molar-refractivity contribution is -0.113. The van der Waals surface area contributed by atoms with Crippen LogP contribution in [0.4, 0.5) is 5.69 Å². The summed E-state index contributed by atoms with van der Waals surface area (Å²) in [6, 6.07) is 7.85. The molecule has 0 aliphatic rings. The van der Waals surface area contributed by atoms with Crippen molar-refractivity contribution in [2.24, 2.45) is 0 Å². The first-order valence-corrected chi connectivity index (χ1v) is 8.09. The topological polar surface area (TPSA) is 87.7 Å². The van der Waals surface area contributed by atoms with Crippen molar-refractivity contribution >= 4 is 23.4 Å². The third-order valence-electron chi connectivity index (χ3n) is 2.95. The summed E-state index contributed by atoms with van der Waals surface area (Å²) in [5.74, 6) is 0.00414. The molecule has 0 spiro atoms. The van der Waals surface area contributed by atoms with Gasteiger partial charge in [0.05, 0.1) is 5.75 Å². The van der Waals surface area contributed by atoms with E-state index in [-0.39, 0.29) is 17.2 Å². The van der Waals surface area contributed by atoms with Gasteiger partial charge < -0.3 is 5.32 Å². The quantitative estimate of drug-likeness (QED) is 0.764. The number of aromatic nitrogens is 3. The maximum Gasteiger partial charge on any atom is 0.270 e. The van der Waals surface area contributed by atoms with E-state index < -0.39 is 0 Å². The van der Waals surface area contributed by atoms with Gasteiger partial charge in [-0.3, -0.25) is 14.6 Å². The number of carbonyl (C=O) groups excluding carboxylic acids is 1. The highest BCUT2D eigenvalue weighted by Crippen LogP contribution is 2.14. The van der Waals surface area contributed by atoms with E-state index in [2.05, 4.69) is 27.4 Å². The van der Waals surface area contributed by atoms with Gasteiger partial charge in [-0.1, -0.05) is 37.2 Å². The monoisotopic (exact) mass is 318 g/mol. The number of nitrogens with one attached hydrogen (secondary N) is 2. The predicted octanol–water partition coefficient (Wildman–Crippen LogP) is 2.24. The average Bonchev–Trinajstić information content (AvgIpc) is 2.52. The second kappa shape index (κ2) is 8.33. The van der Waals surface area contributed by atoms with Gasteiger partial charge in [0.15, 0.2) is 5.16 Å². The second-order valence-electron chi connectivity index (χ2n) is 4.78. The average molecular weight is 318 g/mol. The van der Waals surface area contributed by atoms with Gasteiger partial charge in [-0.05, 0) is 30.5 Å². The summed E-state index contributed by atoms with van der Waals surface area (Å²) in [5, 5.41) is 10.4. The van der Waals surface area contributed by atoms with Gasteiger partial charge in [0, 0.05) is 5.69 Å². The molecule has 0 bridgehead atoms. The Hall–Kier alpha value is -2.15. The number of amides is 1. The molecule has 2 rings (SSSR count). The van der Waals surface area contributed by atoms with E-state index in [1.807, 2.05) is 24.3 Å². The molecule has 0 saturated heterocycles. The molecule has 0 aliphatic carbocycles. The minimum Gasteiger partial charge on any atom is -0.325 e. The zero-order valence-electron chi connectivity index (χ0n) is 12.3. The summed E-state index contributed by atoms with van der Waals surface area (Å²) >= 11 is 1.13. The van der Waals surface area contributed by atoms with Crippen LogP contribution in [0.5, 0.6) is 0 Å². The van der Waals surface area contributed by atoms with Gasteiger partial charge in [-0.15, -0.1) is 5.10 Å². The molecule has 6 nitrogen and oxygen atoms in total. The van der Waals surface area contributed by atoms with E-state index in [0.717, 1.165) is 30.1 Å². The molecule has 7 heteroatoms. The van der Waals surface area contributed by atoms with Crippen molar-refractivity contribution in [2.45, 2.75) is 31.3 Å². The van der Waals surface area contributed by atoms with Crippen molar-refractivity contribution in [3.8, 4) is 0 Å². The number of thioether (sulfide) groups is 1. The molecule has 22 heavy (non-hydrogen) atoms. The number of aromatic amines is 1. The smallest absolute Gasteiger partial charge is 0.270 e. The zero-order valence-corrected chi connectivity index (χ0v) is 13.2. The van der Waals surface area contributed by atoms with Crippen LogP contribution in [0.2, 0.25) is 0 Å². The molecule has 2 N–H and O–H groups in total. The maximum atomic E-state index is 11.9. The number of benzene rings is 1. The summed E-state index contributed by atoms with van der Waals surface area (Å²) in [6.45, 7) is 2.16. The molecule has 0 saturated carbocycles. The molecular formula is C15H18N4O2S. The Morgan fingerprint density at radius 3 is 2.77 bits per heavy atom. The van der Waals surface area contributed by atoms with Crippen LogP contribution in [-0.2, 0) is 11.2 Å². The fraction of sp³-hybridized carbons (Fsp3) is 0.333. The number of rotatable bonds is 7. The van der Waals surface area contributed by atoms with Gasteiger partial charge in [0.25, 0.3) is 5.56 Å². The van der Waals surface area contributed by atoms with Crippen LogP contribution in [0.1, 0.15) is 25.3 Å². The van der Waals surface area contributed by atoms with Gasteiger partial charge in [0.1, 0.15) is 6.20 Å². The molecular weight excluding hydrogens is 300 g/mol. The molecule has 116 valence electrons. The highest BCUT2D eigenvalue weighted by atomic mass is 32.2. The second-order valence-corrected chi connectivity index (χ2v) is 5.74. The molecule has 1 aromatic heterocycles. The van der Waals surface area contributed by atoms with E-state index in [1.54, 1.807) is 0 Å². The van der Waals surface area contributed by atoms with Crippen LogP contribution >= 0.6 is 11.8 Å². The van der Waals surface area contributed by atoms with E-state index in [4.69, 9.17) is 0 Å². The Bertz CT molecular complexity index is 670. The standard InChI is InChI=1S/C15H18N4O2S/c1-2-3-4-11-5-7-12(8-6-11)17-14(21)10-22-15-18-13(20)9-16-19-15/h5-9H,2-4,10H2,1H3,(H,17,21)(H,18,19,20). The van der Waals surface area contributed by atoms with E-state index in [9.17, 15) is 9.59 Å². The Labute approximate surface area is 132 Å². The lowest BCUT2D eigenvalue weighted by Gasteiger charge is -2.06.